The van der Waals surface area contributed by atoms with Crippen molar-refractivity contribution in [3.05, 3.63) is 47.1 Å². The van der Waals surface area contributed by atoms with Gasteiger partial charge in [-0.25, -0.2) is 9.97 Å². The van der Waals surface area contributed by atoms with Gasteiger partial charge in [0.2, 0.25) is 0 Å². The van der Waals surface area contributed by atoms with Gasteiger partial charge in [-0.2, -0.15) is 26.7 Å². The van der Waals surface area contributed by atoms with Crippen molar-refractivity contribution in [3.63, 3.8) is 0 Å². The quantitative estimate of drug-likeness (QED) is 0.398. The molecule has 3 aliphatic rings. The molecule has 6 rings (SSSR count). The highest BCUT2D eigenvalue weighted by Gasteiger charge is 2.49. The maximum absolute atomic E-state index is 13.1. The van der Waals surface area contributed by atoms with Gasteiger partial charge in [-0.15, -0.1) is 11.3 Å². The van der Waals surface area contributed by atoms with Gasteiger partial charge in [0.1, 0.15) is 17.0 Å². The van der Waals surface area contributed by atoms with Gasteiger partial charge in [-0.05, 0) is 55.0 Å². The van der Waals surface area contributed by atoms with Crippen LogP contribution in [0.4, 0.5) is 24.7 Å². The summed E-state index contributed by atoms with van der Waals surface area (Å²) in [4.78, 5) is 26.6. The second kappa shape index (κ2) is 11.9. The highest BCUT2D eigenvalue weighted by Crippen LogP contribution is 2.50. The lowest BCUT2D eigenvalue weighted by Crippen LogP contribution is -2.50. The number of anilines is 2. The zero-order chi connectivity index (χ0) is 27.9. The first-order chi connectivity index (χ1) is 19.2. The number of thiophene rings is 1. The molecule has 8 nitrogen and oxygen atoms in total. The van der Waals surface area contributed by atoms with Crippen LogP contribution in [0.5, 0.6) is 0 Å². The number of hydrogen-bond donors (Lipinski definition) is 1. The molecule has 3 aromatic rings. The van der Waals surface area contributed by atoms with Crippen LogP contribution in [-0.4, -0.2) is 85.6 Å². The van der Waals surface area contributed by atoms with E-state index in [0.29, 0.717) is 48.2 Å². The molecule has 1 atom stereocenters. The van der Waals surface area contributed by atoms with Crippen LogP contribution in [0.1, 0.15) is 35.9 Å². The van der Waals surface area contributed by atoms with Crippen LogP contribution in [0.2, 0.25) is 0 Å². The molecule has 1 aliphatic carbocycles. The van der Waals surface area contributed by atoms with Crippen molar-refractivity contribution in [2.45, 2.75) is 43.9 Å². The largest absolute Gasteiger partial charge is 0.393 e. The predicted octanol–water partition coefficient (Wildman–Crippen LogP) is 5.11. The molecular formula is C28H36F3N5O3S2. The third-order valence-corrected chi connectivity index (χ3v) is 9.22. The lowest BCUT2D eigenvalue weighted by molar-refractivity contribution is -0.126. The molecule has 0 radical (unpaired) electrons. The Labute approximate surface area is 249 Å². The molecular weight excluding hydrogens is 575 g/mol. The monoisotopic (exact) mass is 611 g/mol. The van der Waals surface area contributed by atoms with Gasteiger partial charge < -0.3 is 24.6 Å². The summed E-state index contributed by atoms with van der Waals surface area (Å²) in [5.41, 5.74) is 1.80. The number of amides is 1. The molecule has 4 heterocycles. The standard InChI is InChI=1S/C28H32F3N5O3S.H2S.H2/c1-38-14-21-15-39-9-8-36(21)26(37)18-2-4-19(5-3-18)34-20-11-27(12-20)6-7-35(16-27)24-23-10-22(13-28(29,30)31)40-25(23)33-17-32-24;;/h2-5,10,17,20-21,34H,6-9,11-16H2,1H3;1H2;1H/t20?,21-,27?;;/m0../s1. The highest BCUT2D eigenvalue weighted by molar-refractivity contribution is 7.59. The number of aromatic nitrogens is 2. The van der Waals surface area contributed by atoms with E-state index in [2.05, 4.69) is 20.2 Å². The minimum atomic E-state index is -4.24. The summed E-state index contributed by atoms with van der Waals surface area (Å²) in [5.74, 6) is 0.719. The average Bonchev–Trinajstić information content (AvgIpc) is 3.52. The lowest BCUT2D eigenvalue weighted by Gasteiger charge is -2.46. The third kappa shape index (κ3) is 6.42. The van der Waals surface area contributed by atoms with E-state index in [0.717, 1.165) is 55.2 Å². The van der Waals surface area contributed by atoms with Crippen LogP contribution < -0.4 is 10.2 Å². The van der Waals surface area contributed by atoms with E-state index in [1.54, 1.807) is 13.2 Å². The fourth-order valence-corrected chi connectivity index (χ4v) is 7.35. The number of carbonyl (C=O) groups is 1. The number of morpholine rings is 1. The molecule has 0 bridgehead atoms. The van der Waals surface area contributed by atoms with E-state index in [-0.39, 0.29) is 37.2 Å². The summed E-state index contributed by atoms with van der Waals surface area (Å²) < 4.78 is 49.5. The average molecular weight is 612 g/mol. The first kappa shape index (κ1) is 29.9. The Morgan fingerprint density at radius 1 is 1.24 bits per heavy atom. The molecule has 1 spiro atoms. The van der Waals surface area contributed by atoms with E-state index in [4.69, 9.17) is 9.47 Å². The van der Waals surface area contributed by atoms with Crippen LogP contribution in [0.15, 0.2) is 36.7 Å². The number of rotatable bonds is 7. The number of alkyl halides is 3. The van der Waals surface area contributed by atoms with Crippen molar-refractivity contribution in [2.75, 3.05) is 56.8 Å². The Morgan fingerprint density at radius 3 is 2.76 bits per heavy atom. The summed E-state index contributed by atoms with van der Waals surface area (Å²) in [5, 5.41) is 4.31. The van der Waals surface area contributed by atoms with Gasteiger partial charge in [0.25, 0.3) is 5.91 Å². The van der Waals surface area contributed by atoms with Gasteiger partial charge >= 0.3 is 6.18 Å². The first-order valence-electron chi connectivity index (χ1n) is 13.5. The number of benzene rings is 1. The summed E-state index contributed by atoms with van der Waals surface area (Å²) in [6.45, 7) is 3.66. The van der Waals surface area contributed by atoms with Crippen LogP contribution in [0.25, 0.3) is 10.2 Å². The van der Waals surface area contributed by atoms with Gasteiger partial charge in [0.05, 0.1) is 37.7 Å². The van der Waals surface area contributed by atoms with Gasteiger partial charge in [0, 0.05) is 50.3 Å². The highest BCUT2D eigenvalue weighted by atomic mass is 32.1. The Kier molecular flexibility index (Phi) is 8.70. The van der Waals surface area contributed by atoms with E-state index in [1.807, 2.05) is 29.2 Å². The van der Waals surface area contributed by atoms with Gasteiger partial charge in [-0.1, -0.05) is 0 Å². The molecule has 1 saturated carbocycles. The second-order valence-electron chi connectivity index (χ2n) is 11.1. The molecule has 1 amide bonds. The summed E-state index contributed by atoms with van der Waals surface area (Å²) in [6.07, 6.45) is -0.701. The minimum absolute atomic E-state index is 0. The molecule has 2 aliphatic heterocycles. The number of hydrogen-bond acceptors (Lipinski definition) is 8. The number of nitrogens with zero attached hydrogens (tertiary/aromatic N) is 4. The van der Waals surface area contributed by atoms with Crippen LogP contribution in [0.3, 0.4) is 0 Å². The van der Waals surface area contributed by atoms with Gasteiger partial charge in [0.15, 0.2) is 0 Å². The number of carbonyl (C=O) groups excluding carboxylic acids is 1. The summed E-state index contributed by atoms with van der Waals surface area (Å²) in [6, 6.07) is 9.49. The van der Waals surface area contributed by atoms with E-state index >= 15 is 0 Å². The van der Waals surface area contributed by atoms with E-state index < -0.39 is 12.6 Å². The topological polar surface area (TPSA) is 79.8 Å². The molecule has 0 unspecified atom stereocenters. The van der Waals surface area contributed by atoms with Crippen molar-refractivity contribution in [1.29, 1.82) is 0 Å². The predicted molar refractivity (Wildman–Crippen MR) is 160 cm³/mol. The van der Waals surface area contributed by atoms with Gasteiger partial charge in [-0.3, -0.25) is 4.79 Å². The second-order valence-corrected chi connectivity index (χ2v) is 12.2. The number of fused-ring (bicyclic) bond motifs is 1. The number of nitrogens with one attached hydrogen (secondary N) is 1. The van der Waals surface area contributed by atoms with Crippen LogP contribution in [-0.2, 0) is 15.9 Å². The van der Waals surface area contributed by atoms with Crippen LogP contribution >= 0.6 is 24.8 Å². The summed E-state index contributed by atoms with van der Waals surface area (Å²) in [7, 11) is 1.63. The normalized spacial score (nSPS) is 24.4. The van der Waals surface area contributed by atoms with Crippen LogP contribution in [0, 0.1) is 5.41 Å². The fourth-order valence-electron chi connectivity index (χ4n) is 6.33. The number of halogens is 3. The Bertz CT molecular complexity index is 1370. The number of methoxy groups -OCH3 is 1. The molecule has 13 heteroatoms. The zero-order valence-electron chi connectivity index (χ0n) is 22.7. The molecule has 2 aromatic heterocycles. The SMILES string of the molecule is COC[C@H]1COCCN1C(=O)c1ccc(NC2CC3(CCN(c4ncnc5sc(CC(F)(F)F)cc45)C3)C2)cc1.S.[HH]. The zero-order valence-corrected chi connectivity index (χ0v) is 24.6. The fraction of sp³-hybridized carbons (Fsp3) is 0.536. The lowest BCUT2D eigenvalue weighted by atomic mass is 9.65. The molecule has 1 aromatic carbocycles. The Balaban J connectivity index is 0.00000202. The van der Waals surface area contributed by atoms with Crippen molar-refractivity contribution in [1.82, 2.24) is 14.9 Å². The maximum atomic E-state index is 13.1. The molecule has 2 saturated heterocycles. The van der Waals surface area contributed by atoms with E-state index in [1.165, 1.54) is 6.33 Å². The molecule has 3 fully saturated rings. The maximum Gasteiger partial charge on any atom is 0.393 e. The van der Waals surface area contributed by atoms with Crippen molar-refractivity contribution in [3.8, 4) is 0 Å². The minimum Gasteiger partial charge on any atom is -0.382 e. The van der Waals surface area contributed by atoms with E-state index in [9.17, 15) is 18.0 Å². The smallest absolute Gasteiger partial charge is 0.382 e. The van der Waals surface area contributed by atoms with Crippen molar-refractivity contribution < 1.29 is 28.9 Å². The Morgan fingerprint density at radius 2 is 2.02 bits per heavy atom. The third-order valence-electron chi connectivity index (χ3n) is 8.18. The first-order valence-corrected chi connectivity index (χ1v) is 14.3. The Hall–Kier alpha value is -2.61. The molecule has 224 valence electrons. The van der Waals surface area contributed by atoms with Crippen molar-refractivity contribution >= 4 is 52.5 Å². The molecule has 1 N–H and O–H groups in total. The van der Waals surface area contributed by atoms with Crippen molar-refractivity contribution in [2.24, 2.45) is 5.41 Å². The summed E-state index contributed by atoms with van der Waals surface area (Å²) >= 11 is 1.09. The number of ether oxygens (including phenoxy) is 2. The molecule has 41 heavy (non-hydrogen) atoms.